The number of aryl methyl sites for hydroxylation is 1. The van der Waals surface area contributed by atoms with Crippen LogP contribution in [0.3, 0.4) is 0 Å². The van der Waals surface area contributed by atoms with Gasteiger partial charge in [-0.15, -0.1) is 0 Å². The number of methoxy groups -OCH3 is 2. The van der Waals surface area contributed by atoms with Crippen LogP contribution in [-0.2, 0) is 26.2 Å². The molecule has 1 fully saturated rings. The van der Waals surface area contributed by atoms with Crippen molar-refractivity contribution in [1.29, 1.82) is 0 Å². The maximum Gasteiger partial charge on any atom is 0.264 e. The number of hydrogen-bond acceptors (Lipinski definition) is 6. The molecule has 0 heterocycles. The number of rotatable bonds is 13. The summed E-state index contributed by atoms with van der Waals surface area (Å²) >= 11 is 0. The van der Waals surface area contributed by atoms with Crippen molar-refractivity contribution in [3.8, 4) is 11.5 Å². The maximum absolute atomic E-state index is 14.2. The minimum absolute atomic E-state index is 0.0643. The fraction of sp³-hybridized carbons (Fsp3) is 0.394. The van der Waals surface area contributed by atoms with Crippen molar-refractivity contribution in [2.24, 2.45) is 0 Å². The molecule has 0 spiro atoms. The van der Waals surface area contributed by atoms with Gasteiger partial charge in [-0.2, -0.15) is 0 Å². The molecule has 1 atom stereocenters. The highest BCUT2D eigenvalue weighted by atomic mass is 32.2. The molecule has 4 rings (SSSR count). The molecule has 0 aromatic heterocycles. The lowest BCUT2D eigenvalue weighted by Crippen LogP contribution is -2.53. The van der Waals surface area contributed by atoms with Gasteiger partial charge in [-0.3, -0.25) is 13.9 Å². The Bertz CT molecular complexity index is 1470. The van der Waals surface area contributed by atoms with E-state index in [-0.39, 0.29) is 23.4 Å². The van der Waals surface area contributed by atoms with Gasteiger partial charge in [0, 0.05) is 12.6 Å². The Balaban J connectivity index is 1.71. The molecule has 1 N–H and O–H groups in total. The molecule has 3 aromatic rings. The normalized spacial score (nSPS) is 14.1. The van der Waals surface area contributed by atoms with Crippen LogP contribution in [0.1, 0.15) is 50.2 Å². The molecule has 0 radical (unpaired) electrons. The molecule has 3 aromatic carbocycles. The van der Waals surface area contributed by atoms with Gasteiger partial charge in [-0.05, 0) is 80.3 Å². The molecule has 0 bridgehead atoms. The van der Waals surface area contributed by atoms with Gasteiger partial charge >= 0.3 is 0 Å². The summed E-state index contributed by atoms with van der Waals surface area (Å²) in [4.78, 5) is 29.4. The van der Waals surface area contributed by atoms with Crippen LogP contribution in [0.2, 0.25) is 0 Å². The van der Waals surface area contributed by atoms with Gasteiger partial charge in [-0.25, -0.2) is 8.42 Å². The first-order valence-corrected chi connectivity index (χ1v) is 16.1. The Morgan fingerprint density at radius 2 is 1.44 bits per heavy atom. The second-order valence-corrected chi connectivity index (χ2v) is 12.7. The van der Waals surface area contributed by atoms with Gasteiger partial charge in [-0.1, -0.05) is 49.6 Å². The Morgan fingerprint density at radius 1 is 0.884 bits per heavy atom. The molecule has 1 aliphatic carbocycles. The number of carbonyl (C=O) groups excluding carboxylic acids is 2. The molecule has 9 nitrogen and oxygen atoms in total. The zero-order chi connectivity index (χ0) is 31.0. The highest BCUT2D eigenvalue weighted by Crippen LogP contribution is 2.27. The van der Waals surface area contributed by atoms with E-state index in [2.05, 4.69) is 5.32 Å². The number of benzene rings is 3. The largest absolute Gasteiger partial charge is 0.497 e. The van der Waals surface area contributed by atoms with Crippen LogP contribution in [0.5, 0.6) is 11.5 Å². The van der Waals surface area contributed by atoms with Gasteiger partial charge in [0.1, 0.15) is 24.1 Å². The molecule has 43 heavy (non-hydrogen) atoms. The van der Waals surface area contributed by atoms with Crippen LogP contribution >= 0.6 is 0 Å². The number of ether oxygens (including phenoxy) is 2. The van der Waals surface area contributed by atoms with E-state index < -0.39 is 28.5 Å². The van der Waals surface area contributed by atoms with Crippen LogP contribution < -0.4 is 19.1 Å². The standard InChI is InChI=1S/C33H41N3O6S/c1-5-31(33(38)34-26-8-6-7-9-26)35(22-25-12-16-28(41-3)17-13-25)32(37)23-36(27-14-18-29(42-4)19-15-27)43(39,40)30-20-10-24(2)11-21-30/h10-21,26,31H,5-9,22-23H2,1-4H3,(H,34,38). The lowest BCUT2D eigenvalue weighted by atomic mass is 10.1. The Hall–Kier alpha value is -4.05. The summed E-state index contributed by atoms with van der Waals surface area (Å²) < 4.78 is 39.7. The molecule has 230 valence electrons. The van der Waals surface area contributed by atoms with E-state index in [1.807, 2.05) is 26.0 Å². The van der Waals surface area contributed by atoms with Crippen molar-refractivity contribution in [3.05, 3.63) is 83.9 Å². The summed E-state index contributed by atoms with van der Waals surface area (Å²) in [5, 5.41) is 3.13. The van der Waals surface area contributed by atoms with Crippen molar-refractivity contribution in [1.82, 2.24) is 10.2 Å². The molecule has 1 saturated carbocycles. The topological polar surface area (TPSA) is 105 Å². The second kappa shape index (κ2) is 14.4. The van der Waals surface area contributed by atoms with E-state index >= 15 is 0 Å². The lowest BCUT2D eigenvalue weighted by molar-refractivity contribution is -0.140. The lowest BCUT2D eigenvalue weighted by Gasteiger charge is -2.33. The summed E-state index contributed by atoms with van der Waals surface area (Å²) in [7, 11) is -1.04. The monoisotopic (exact) mass is 607 g/mol. The molecule has 2 amide bonds. The first kappa shape index (κ1) is 31.9. The quantitative estimate of drug-likeness (QED) is 0.291. The van der Waals surface area contributed by atoms with Gasteiger partial charge in [0.15, 0.2) is 0 Å². The minimum Gasteiger partial charge on any atom is -0.497 e. The highest BCUT2D eigenvalue weighted by molar-refractivity contribution is 7.92. The van der Waals surface area contributed by atoms with Crippen LogP contribution in [0, 0.1) is 6.92 Å². The smallest absolute Gasteiger partial charge is 0.264 e. The molecule has 0 saturated heterocycles. The zero-order valence-electron chi connectivity index (χ0n) is 25.3. The third-order valence-corrected chi connectivity index (χ3v) is 9.64. The minimum atomic E-state index is -4.14. The summed E-state index contributed by atoms with van der Waals surface area (Å²) in [6.45, 7) is 3.36. The predicted octanol–water partition coefficient (Wildman–Crippen LogP) is 5.07. The molecule has 10 heteroatoms. The summed E-state index contributed by atoms with van der Waals surface area (Å²) in [6.07, 6.45) is 4.31. The van der Waals surface area contributed by atoms with Crippen LogP contribution in [-0.4, -0.2) is 58.0 Å². The number of nitrogens with zero attached hydrogens (tertiary/aromatic N) is 2. The second-order valence-electron chi connectivity index (χ2n) is 10.8. The molecular weight excluding hydrogens is 566 g/mol. The zero-order valence-corrected chi connectivity index (χ0v) is 26.1. The van der Waals surface area contributed by atoms with E-state index in [1.54, 1.807) is 55.6 Å². The van der Waals surface area contributed by atoms with E-state index in [0.29, 0.717) is 23.6 Å². The van der Waals surface area contributed by atoms with Crippen LogP contribution in [0.25, 0.3) is 0 Å². The third-order valence-electron chi connectivity index (χ3n) is 7.85. The number of amides is 2. The first-order chi connectivity index (χ1) is 20.7. The van der Waals surface area contributed by atoms with Crippen molar-refractivity contribution in [3.63, 3.8) is 0 Å². The van der Waals surface area contributed by atoms with Crippen molar-refractivity contribution < 1.29 is 27.5 Å². The fourth-order valence-corrected chi connectivity index (χ4v) is 6.74. The summed E-state index contributed by atoms with van der Waals surface area (Å²) in [5.74, 6) is 0.505. The number of sulfonamides is 1. The predicted molar refractivity (Wildman–Crippen MR) is 167 cm³/mol. The number of anilines is 1. The fourth-order valence-electron chi connectivity index (χ4n) is 5.33. The first-order valence-electron chi connectivity index (χ1n) is 14.6. The van der Waals surface area contributed by atoms with E-state index in [9.17, 15) is 18.0 Å². The van der Waals surface area contributed by atoms with Crippen molar-refractivity contribution in [2.75, 3.05) is 25.1 Å². The molecule has 1 unspecified atom stereocenters. The number of carbonyl (C=O) groups is 2. The summed E-state index contributed by atoms with van der Waals surface area (Å²) in [5.41, 5.74) is 2.01. The van der Waals surface area contributed by atoms with Crippen molar-refractivity contribution >= 4 is 27.5 Å². The van der Waals surface area contributed by atoms with Crippen LogP contribution in [0.4, 0.5) is 5.69 Å². The maximum atomic E-state index is 14.2. The Morgan fingerprint density at radius 3 is 1.98 bits per heavy atom. The third kappa shape index (κ3) is 7.87. The number of hydrogen-bond donors (Lipinski definition) is 1. The molecular formula is C33H41N3O6S. The highest BCUT2D eigenvalue weighted by Gasteiger charge is 2.34. The van der Waals surface area contributed by atoms with Gasteiger partial charge in [0.25, 0.3) is 10.0 Å². The molecule has 1 aliphatic rings. The van der Waals surface area contributed by atoms with E-state index in [0.717, 1.165) is 41.1 Å². The average molecular weight is 608 g/mol. The van der Waals surface area contributed by atoms with E-state index in [1.165, 1.54) is 24.1 Å². The average Bonchev–Trinajstić information content (AvgIpc) is 3.53. The van der Waals surface area contributed by atoms with E-state index in [4.69, 9.17) is 9.47 Å². The van der Waals surface area contributed by atoms with Gasteiger partial charge in [0.05, 0.1) is 24.8 Å². The number of nitrogens with one attached hydrogen (secondary N) is 1. The van der Waals surface area contributed by atoms with Gasteiger partial charge in [0.2, 0.25) is 11.8 Å². The molecule has 0 aliphatic heterocycles. The summed E-state index contributed by atoms with van der Waals surface area (Å²) in [6, 6.07) is 19.6. The van der Waals surface area contributed by atoms with Crippen molar-refractivity contribution in [2.45, 2.75) is 69.5 Å². The SMILES string of the molecule is CCC(C(=O)NC1CCCC1)N(Cc1ccc(OC)cc1)C(=O)CN(c1ccc(OC)cc1)S(=O)(=O)c1ccc(C)cc1. The van der Waals surface area contributed by atoms with Gasteiger partial charge < -0.3 is 19.7 Å². The Labute approximate surface area is 254 Å². The van der Waals surface area contributed by atoms with Crippen LogP contribution in [0.15, 0.2) is 77.7 Å². The Kier molecular flexibility index (Phi) is 10.7.